The zero-order valence-electron chi connectivity index (χ0n) is 72.8. The second-order valence-electron chi connectivity index (χ2n) is 29.7. The summed E-state index contributed by atoms with van der Waals surface area (Å²) < 4.78 is 94.9. The maximum atomic E-state index is 14.1. The van der Waals surface area contributed by atoms with Crippen molar-refractivity contribution < 1.29 is 75.0 Å². The minimum atomic E-state index is -0.966. The van der Waals surface area contributed by atoms with Crippen molar-refractivity contribution in [3.05, 3.63) is 415 Å². The number of aromatic nitrogens is 7. The molecule has 0 spiro atoms. The predicted octanol–water partition coefficient (Wildman–Crippen LogP) is 27.7. The van der Waals surface area contributed by atoms with E-state index < -0.39 is 5.97 Å². The number of methoxy groups -OCH3 is 4. The molecule has 20 nitrogen and oxygen atoms in total. The number of nitrogens with zero attached hydrogens (tertiary/aromatic N) is 6. The summed E-state index contributed by atoms with van der Waals surface area (Å²) in [5, 5.41) is 26.2. The number of benzene rings is 14. The highest BCUT2D eigenvalue weighted by Gasteiger charge is 2.24. The predicted molar refractivity (Wildman–Crippen MR) is 528 cm³/mol. The zero-order chi connectivity index (χ0) is 92.6. The van der Waals surface area contributed by atoms with Crippen molar-refractivity contribution in [1.29, 1.82) is 0 Å². The van der Waals surface area contributed by atoms with E-state index in [1.165, 1.54) is 51.7 Å². The number of carbonyl (C=O) groups is 3. The van der Waals surface area contributed by atoms with Crippen molar-refractivity contribution in [1.82, 2.24) is 32.1 Å². The van der Waals surface area contributed by atoms with Crippen LogP contribution in [-0.4, -0.2) is 102 Å². The lowest BCUT2D eigenvalue weighted by atomic mass is 10.2. The highest BCUT2D eigenvalue weighted by molar-refractivity contribution is 9.10. The molecule has 9 aromatic heterocycles. The van der Waals surface area contributed by atoms with Crippen LogP contribution < -0.4 is 18.9 Å². The number of fused-ring (bicyclic) bond motifs is 15. The fraction of sp³-hybridized carbons (Fsp3) is 0.0818. The molecule has 0 saturated heterocycles. The fourth-order valence-electron chi connectivity index (χ4n) is 15.8. The van der Waals surface area contributed by atoms with Crippen LogP contribution in [0.5, 0.6) is 28.7 Å². The molecule has 0 unspecified atom stereocenters. The van der Waals surface area contributed by atoms with Crippen molar-refractivity contribution in [3.63, 3.8) is 0 Å². The Morgan fingerprint density at radius 3 is 1.22 bits per heavy atom. The van der Waals surface area contributed by atoms with Gasteiger partial charge in [-0.15, -0.1) is 0 Å². The Balaban J connectivity index is 0.000000118. The van der Waals surface area contributed by atoms with Gasteiger partial charge in [0.1, 0.15) is 40.1 Å². The highest BCUT2D eigenvalue weighted by atomic mass is 79.9. The quantitative estimate of drug-likeness (QED) is 0.0917. The van der Waals surface area contributed by atoms with Gasteiger partial charge in [0.2, 0.25) is 11.4 Å². The number of ether oxygens (including phenoxy) is 6. The van der Waals surface area contributed by atoms with Crippen LogP contribution in [-0.2, 0) is 9.47 Å². The van der Waals surface area contributed by atoms with Crippen LogP contribution in [0.15, 0.2) is 389 Å². The van der Waals surface area contributed by atoms with Gasteiger partial charge < -0.3 is 52.5 Å². The number of hydrogen-bond donors (Lipinski definition) is 3. The number of carbonyl (C=O) groups excluding carboxylic acids is 2. The van der Waals surface area contributed by atoms with E-state index in [9.17, 15) is 37.8 Å². The second kappa shape index (κ2) is 42.1. The van der Waals surface area contributed by atoms with Crippen molar-refractivity contribution in [3.8, 4) is 51.5 Å². The van der Waals surface area contributed by atoms with E-state index in [0.29, 0.717) is 58.9 Å². The van der Waals surface area contributed by atoms with Gasteiger partial charge in [-0.3, -0.25) is 27.1 Å². The SMILES string of the molecule is Brc1c2ccccc2n2c1oc1ccccc12.C.CCOC(=O)c1cc2ccccc2[nH]1.CCOC(=O)c1cc2ccccc2n1-c1ccccc1OC.COc1ccccc1-n1c(C(=O)O)cc2ccccc21.COc1ccccc1-n1c(F)cc2ccccc21.COc1ccccc1F.Oc1ccccc1-n1c(F)cc2ccccc21.c1ccc2c(c1)cc1oc3ccccc3n12. The number of rotatable bonds is 13. The van der Waals surface area contributed by atoms with Gasteiger partial charge in [0.25, 0.3) is 0 Å². The molecule has 0 radical (unpaired) electrons. The molecule has 0 fully saturated rings. The normalized spacial score (nSPS) is 10.8. The summed E-state index contributed by atoms with van der Waals surface area (Å²) in [6.45, 7) is 4.33. The summed E-state index contributed by atoms with van der Waals surface area (Å²) in [6, 6.07) is 117. The number of oxazole rings is 2. The molecule has 0 bridgehead atoms. The van der Waals surface area contributed by atoms with Crippen molar-refractivity contribution in [2.45, 2.75) is 21.3 Å². The van der Waals surface area contributed by atoms with E-state index >= 15 is 0 Å². The minimum Gasteiger partial charge on any atom is -0.506 e. The Kier molecular flexibility index (Phi) is 28.9. The molecule has 0 aliphatic heterocycles. The Hall–Kier alpha value is -16.9. The number of hydrogen-bond acceptors (Lipinski definition) is 12. The molecule has 3 N–H and O–H groups in total. The molecule has 0 amide bonds. The second-order valence-corrected chi connectivity index (χ2v) is 30.5. The minimum absolute atomic E-state index is 0. The molecule has 0 saturated carbocycles. The Morgan fingerprint density at radius 2 is 0.724 bits per heavy atom. The largest absolute Gasteiger partial charge is 0.506 e. The summed E-state index contributed by atoms with van der Waals surface area (Å²) in [5.74, 6) is -0.262. The Bertz CT molecular complexity index is 7990. The van der Waals surface area contributed by atoms with Gasteiger partial charge in [0.05, 0.1) is 113 Å². The van der Waals surface area contributed by atoms with E-state index in [1.54, 1.807) is 98.9 Å². The lowest BCUT2D eigenvalue weighted by molar-refractivity contribution is 0.0509. The number of aromatic carboxylic acids is 1. The average Bonchev–Trinajstić information content (AvgIpc) is 1.58. The van der Waals surface area contributed by atoms with Gasteiger partial charge in [0, 0.05) is 61.4 Å². The molecule has 23 aromatic rings. The summed E-state index contributed by atoms with van der Waals surface area (Å²) in [6.07, 6.45) is 0. The number of carboxylic acid groups (broad SMARTS) is 1. The molecule has 9 heterocycles. The van der Waals surface area contributed by atoms with Gasteiger partial charge in [-0.1, -0.05) is 220 Å². The Morgan fingerprint density at radius 1 is 0.358 bits per heavy atom. The first-order valence-corrected chi connectivity index (χ1v) is 43.1. The molecule has 0 aliphatic carbocycles. The van der Waals surface area contributed by atoms with Gasteiger partial charge in [0.15, 0.2) is 34.6 Å². The van der Waals surface area contributed by atoms with E-state index in [-0.39, 0.29) is 54.3 Å². The molecular formula is C110H91BrF3N7O13. The van der Waals surface area contributed by atoms with Crippen LogP contribution in [0.3, 0.4) is 0 Å². The molecule has 672 valence electrons. The highest BCUT2D eigenvalue weighted by Crippen LogP contribution is 2.39. The average molecular weight is 1860 g/mol. The van der Waals surface area contributed by atoms with Crippen molar-refractivity contribution in [2.24, 2.45) is 0 Å². The number of halogens is 4. The number of aromatic hydroxyl groups is 1. The van der Waals surface area contributed by atoms with Gasteiger partial charge in [-0.25, -0.2) is 18.8 Å². The number of phenols is 1. The number of carboxylic acids is 1. The third-order valence-electron chi connectivity index (χ3n) is 21.7. The van der Waals surface area contributed by atoms with Crippen molar-refractivity contribution >= 4 is 144 Å². The summed E-state index contributed by atoms with van der Waals surface area (Å²) in [4.78, 5) is 38.2. The topological polar surface area (TPSA) is 218 Å². The van der Waals surface area contributed by atoms with E-state index in [1.807, 2.05) is 259 Å². The van der Waals surface area contributed by atoms with Gasteiger partial charge in [-0.2, -0.15) is 8.78 Å². The molecule has 24 heteroatoms. The summed E-state index contributed by atoms with van der Waals surface area (Å²) >= 11 is 3.62. The van der Waals surface area contributed by atoms with E-state index in [0.717, 1.165) is 98.3 Å². The molecular weight excluding hydrogens is 1760 g/mol. The molecule has 0 atom stereocenters. The van der Waals surface area contributed by atoms with Crippen LogP contribution in [0.4, 0.5) is 13.2 Å². The van der Waals surface area contributed by atoms with Crippen LogP contribution in [0, 0.1) is 17.7 Å². The van der Waals surface area contributed by atoms with Crippen LogP contribution in [0.25, 0.3) is 133 Å². The standard InChI is InChI=1S/C18H17NO3.C16H13NO3.C15H12FNO.C14H8BrNO.C14H10FNO.C14H9NO.C11H11NO2.C7H7FO.CH4/c1-3-22-18(20)16-12-13-8-4-5-9-14(13)19(16)15-10-6-7-11-17(15)21-2;1-20-15-9-5-4-8-13(15)17-12-7-3-2-6-11(12)10-14(17)16(18)19;1-18-14-9-5-4-8-13(14)17-12-7-3-2-6-11(12)10-15(17)16;15-13-9-5-1-2-6-10(9)16-11-7-3-4-8-12(11)17-14(13)16;15-14-9-10-5-1-2-6-11(10)16(14)12-7-3-4-8-13(12)17;1-2-6-11-10(5-1)9-14-15(11)12-7-3-4-8-13(12)16-14;1-2-14-11(13)10-7-8-5-3-4-6-9(8)12-10;1-9-7-5-3-2-4-6(7)8;/h4-12H,3H2,1-2H3;2-10H,1H3,(H,18,19);2-10H,1H3;1-8H;1-9,17H;1-9H;3-7,12H,2H2,1H3;2-5H,1H3;1H4. The van der Waals surface area contributed by atoms with Crippen LogP contribution in [0.2, 0.25) is 0 Å². The maximum absolute atomic E-state index is 14.1. The number of aromatic amines is 1. The summed E-state index contributed by atoms with van der Waals surface area (Å²) in [5.41, 5.74) is 16.4. The van der Waals surface area contributed by atoms with Crippen LogP contribution in [0.1, 0.15) is 52.7 Å². The molecule has 14 aromatic carbocycles. The third-order valence-corrected chi connectivity index (χ3v) is 22.5. The van der Waals surface area contributed by atoms with Crippen molar-refractivity contribution in [2.75, 3.05) is 41.7 Å². The smallest absolute Gasteiger partial charge is 0.355 e. The first kappa shape index (κ1) is 91.9. The third kappa shape index (κ3) is 19.3. The molecule has 23 rings (SSSR count). The number of H-pyrrole nitrogens is 1. The maximum Gasteiger partial charge on any atom is 0.355 e. The van der Waals surface area contributed by atoms with E-state index in [4.69, 9.17) is 32.5 Å². The first-order chi connectivity index (χ1) is 65.0. The first-order valence-electron chi connectivity index (χ1n) is 42.3. The van der Waals surface area contributed by atoms with Gasteiger partial charge >= 0.3 is 17.9 Å². The Labute approximate surface area is 775 Å². The van der Waals surface area contributed by atoms with Crippen LogP contribution >= 0.6 is 15.9 Å². The van der Waals surface area contributed by atoms with E-state index in [2.05, 4.69) is 83.0 Å². The monoisotopic (exact) mass is 1850 g/mol. The zero-order valence-corrected chi connectivity index (χ0v) is 74.4. The van der Waals surface area contributed by atoms with Gasteiger partial charge in [-0.05, 0) is 175 Å². The summed E-state index contributed by atoms with van der Waals surface area (Å²) in [7, 11) is 6.22. The number of esters is 2. The number of phenolic OH excluding ortho intramolecular Hbond substituents is 1. The number of para-hydroxylation sites is 20. The lowest BCUT2D eigenvalue weighted by Gasteiger charge is -2.13. The lowest BCUT2D eigenvalue weighted by Crippen LogP contribution is -2.11. The molecule has 134 heavy (non-hydrogen) atoms. The fourth-order valence-corrected chi connectivity index (χ4v) is 16.4. The molecule has 0 aliphatic rings. The number of nitrogens with one attached hydrogen (secondary N) is 1.